The van der Waals surface area contributed by atoms with Crippen molar-refractivity contribution in [2.45, 2.75) is 120 Å². The van der Waals surface area contributed by atoms with Crippen molar-refractivity contribution in [1.82, 2.24) is 10.2 Å². The van der Waals surface area contributed by atoms with Crippen LogP contribution in [0.25, 0.3) is 0 Å². The molecule has 1 aromatic rings. The minimum atomic E-state index is -1.80. The van der Waals surface area contributed by atoms with Gasteiger partial charge in [0.2, 0.25) is 5.91 Å². The van der Waals surface area contributed by atoms with Crippen LogP contribution in [-0.4, -0.2) is 123 Å². The van der Waals surface area contributed by atoms with Gasteiger partial charge in [-0.15, -0.1) is 0 Å². The summed E-state index contributed by atoms with van der Waals surface area (Å²) in [6.45, 7) is 9.52. The van der Waals surface area contributed by atoms with E-state index in [1.165, 1.54) is 7.11 Å². The van der Waals surface area contributed by atoms with Gasteiger partial charge in [-0.3, -0.25) is 14.9 Å². The number of rotatable bonds is 11. The van der Waals surface area contributed by atoms with Crippen LogP contribution in [0.3, 0.4) is 0 Å². The number of benzene rings is 1. The van der Waals surface area contributed by atoms with E-state index < -0.39 is 41.3 Å². The van der Waals surface area contributed by atoms with Gasteiger partial charge in [0, 0.05) is 46.9 Å². The summed E-state index contributed by atoms with van der Waals surface area (Å²) in [4.78, 5) is 42.8. The molecule has 302 valence electrons. The van der Waals surface area contributed by atoms with Crippen LogP contribution in [0.2, 0.25) is 5.02 Å². The first kappa shape index (κ1) is 43.9. The van der Waals surface area contributed by atoms with Crippen LogP contribution in [0.15, 0.2) is 35.9 Å². The molecule has 0 spiro atoms. The van der Waals surface area contributed by atoms with E-state index >= 15 is 0 Å². The normalized spacial score (nSPS) is 31.8. The Kier molecular flexibility index (Phi) is 14.9. The molecule has 4 aliphatic heterocycles. The molecule has 0 saturated carbocycles. The number of hydrogen-bond acceptors (Lipinski definition) is 12. The van der Waals surface area contributed by atoms with Gasteiger partial charge in [0.15, 0.2) is 11.5 Å². The van der Waals surface area contributed by atoms with Crippen LogP contribution >= 0.6 is 24.2 Å². The van der Waals surface area contributed by atoms with Crippen LogP contribution in [0.4, 0.5) is 10.5 Å². The maximum absolute atomic E-state index is 13.8. The molecular weight excluding hydrogens is 738 g/mol. The number of ether oxygens (including phenoxy) is 6. The lowest BCUT2D eigenvalue weighted by Crippen LogP contribution is -2.72. The predicted octanol–water partition coefficient (Wildman–Crippen LogP) is 5.25. The summed E-state index contributed by atoms with van der Waals surface area (Å²) in [5, 5.41) is 14.8. The third kappa shape index (κ3) is 10.7. The molecule has 2 amide bonds. The number of hydrogen-bond donors (Lipinski definition) is 3. The topological polar surface area (TPSA) is 145 Å². The van der Waals surface area contributed by atoms with Crippen molar-refractivity contribution < 1.29 is 47.9 Å². The molecule has 54 heavy (non-hydrogen) atoms. The van der Waals surface area contributed by atoms with Crippen LogP contribution in [-0.2, 0) is 39.7 Å². The Bertz CT molecular complexity index is 1570. The van der Waals surface area contributed by atoms with Gasteiger partial charge in [-0.2, -0.15) is 12.6 Å². The van der Waals surface area contributed by atoms with Gasteiger partial charge in [0.25, 0.3) is 0 Å². The van der Waals surface area contributed by atoms with Crippen molar-refractivity contribution in [3.05, 3.63) is 46.5 Å². The second-order valence-corrected chi connectivity index (χ2v) is 16.7. The Morgan fingerprint density at radius 2 is 1.93 bits per heavy atom. The number of alkyl carbamates (subject to hydrolysis) is 1. The largest absolute Gasteiger partial charge is 0.495 e. The summed E-state index contributed by atoms with van der Waals surface area (Å²) in [5.41, 5.74) is -1.28. The molecule has 15 heteroatoms. The smallest absolute Gasteiger partial charge is 0.409 e. The van der Waals surface area contributed by atoms with E-state index in [0.717, 1.165) is 11.1 Å². The van der Waals surface area contributed by atoms with Crippen molar-refractivity contribution in [3.8, 4) is 5.75 Å². The van der Waals surface area contributed by atoms with Crippen molar-refractivity contribution in [1.29, 1.82) is 0 Å². The van der Waals surface area contributed by atoms with Gasteiger partial charge >= 0.3 is 6.09 Å². The standard InChI is InChI=1S/C39H58ClN3O10S/c1-24-11-10-12-31(49-9)39(47)19-33(52-36(46)41-39)38(5)22-37(4,53-38)32(51-23-50-21-25(2)43(7)34(45)14-13-26(3)54)18-28(44)20-42(6)29-16-27(15-24)17-30(48-8)35(29)40/h10-12,16-17,25-26,31-33,47,54H,13-15,18-23H2,1-9H3,(H,41,46)/b12-10+,24-11+/t25-,26?,31+,32-,33?,37+,38?,39-/m0/s1. The summed E-state index contributed by atoms with van der Waals surface area (Å²) >= 11 is 11.1. The highest BCUT2D eigenvalue weighted by atomic mass is 35.5. The lowest BCUT2D eigenvalue weighted by atomic mass is 9.72. The molecule has 4 heterocycles. The zero-order valence-corrected chi connectivity index (χ0v) is 34.6. The van der Waals surface area contributed by atoms with E-state index in [-0.39, 0.29) is 55.8 Å². The second kappa shape index (κ2) is 18.4. The molecular formula is C39H58ClN3O10S. The van der Waals surface area contributed by atoms with Crippen molar-refractivity contribution in [3.63, 3.8) is 0 Å². The fraction of sp³-hybridized carbons (Fsp3) is 0.667. The minimum Gasteiger partial charge on any atom is -0.495 e. The first-order valence-electron chi connectivity index (χ1n) is 18.3. The number of nitrogens with zero attached hydrogens (tertiary/aromatic N) is 2. The summed E-state index contributed by atoms with van der Waals surface area (Å²) in [5.74, 6) is 0.339. The number of aliphatic hydroxyl groups is 1. The molecule has 8 atom stereocenters. The maximum atomic E-state index is 13.8. The molecule has 2 saturated heterocycles. The molecule has 5 rings (SSSR count). The number of likely N-dealkylation sites (N-methyl/N-ethyl adjacent to an activating group) is 2. The number of methoxy groups -OCH3 is 2. The summed E-state index contributed by atoms with van der Waals surface area (Å²) in [6.07, 6.45) is 3.91. The molecule has 3 unspecified atom stereocenters. The number of ketones is 1. The molecule has 2 fully saturated rings. The van der Waals surface area contributed by atoms with E-state index in [1.54, 1.807) is 43.2 Å². The third-order valence-electron chi connectivity index (χ3n) is 10.5. The quantitative estimate of drug-likeness (QED) is 0.154. The monoisotopic (exact) mass is 795 g/mol. The van der Waals surface area contributed by atoms with Crippen molar-refractivity contribution >= 4 is 47.7 Å². The average Bonchev–Trinajstić information content (AvgIpc) is 3.08. The molecule has 6 bridgehead atoms. The summed E-state index contributed by atoms with van der Waals surface area (Å²) < 4.78 is 35.7. The summed E-state index contributed by atoms with van der Waals surface area (Å²) in [7, 11) is 6.54. The van der Waals surface area contributed by atoms with Gasteiger partial charge in [-0.25, -0.2) is 4.79 Å². The fourth-order valence-corrected chi connectivity index (χ4v) is 7.87. The number of allylic oxidation sites excluding steroid dienone is 3. The number of carbonyl (C=O) groups is 3. The Hall–Kier alpha value is -2.85. The minimum absolute atomic E-state index is 0.000514. The fourth-order valence-electron chi connectivity index (χ4n) is 7.41. The maximum Gasteiger partial charge on any atom is 0.409 e. The Labute approximate surface area is 330 Å². The number of halogens is 1. The van der Waals surface area contributed by atoms with Gasteiger partial charge < -0.3 is 43.3 Å². The molecule has 13 nitrogen and oxygen atoms in total. The Balaban J connectivity index is 1.61. The zero-order chi connectivity index (χ0) is 40.0. The Morgan fingerprint density at radius 1 is 1.22 bits per heavy atom. The first-order valence-corrected chi connectivity index (χ1v) is 19.2. The highest BCUT2D eigenvalue weighted by Crippen LogP contribution is 2.50. The van der Waals surface area contributed by atoms with Crippen LogP contribution in [0.1, 0.15) is 72.3 Å². The number of nitrogens with one attached hydrogen (secondary N) is 1. The summed E-state index contributed by atoms with van der Waals surface area (Å²) in [6, 6.07) is 3.57. The van der Waals surface area contributed by atoms with E-state index in [1.807, 2.05) is 52.8 Å². The Morgan fingerprint density at radius 3 is 2.57 bits per heavy atom. The molecule has 0 radical (unpaired) electrons. The SMILES string of the molecule is COc1cc2cc(c1Cl)N(C)CC(=O)C[C@H](OCOC[C@H](C)N(C)C(=O)CCC(C)S)[C@@]1(C)CC(C)(O1)C1C[C@@](O)(NC(=O)O1)[C@H](OC)/C=C/C=C(\C)C2. The molecule has 0 aliphatic carbocycles. The number of Topliss-reactive ketones (excluding diaryl/α,β-unsaturated/α-hetero) is 1. The van der Waals surface area contributed by atoms with Crippen molar-refractivity contribution in [2.24, 2.45) is 0 Å². The first-order chi connectivity index (χ1) is 25.3. The lowest BCUT2D eigenvalue weighted by molar-refractivity contribution is -0.337. The third-order valence-corrected chi connectivity index (χ3v) is 11.2. The highest BCUT2D eigenvalue weighted by molar-refractivity contribution is 7.80. The molecule has 1 aromatic carbocycles. The lowest BCUT2D eigenvalue weighted by Gasteiger charge is -2.59. The number of anilines is 1. The predicted molar refractivity (Wildman–Crippen MR) is 209 cm³/mol. The number of fused-ring (bicyclic) bond motifs is 7. The molecule has 0 aromatic heterocycles. The van der Waals surface area contributed by atoms with Crippen LogP contribution < -0.4 is 15.0 Å². The van der Waals surface area contributed by atoms with E-state index in [2.05, 4.69) is 17.9 Å². The van der Waals surface area contributed by atoms with E-state index in [4.69, 9.17) is 40.0 Å². The van der Waals surface area contributed by atoms with E-state index in [9.17, 15) is 19.5 Å². The molecule has 4 aliphatic rings. The number of carbonyl (C=O) groups excluding carboxylic acids is 3. The molecule has 2 N–H and O–H groups in total. The number of thiol groups is 1. The zero-order valence-electron chi connectivity index (χ0n) is 33.0. The average molecular weight is 796 g/mol. The van der Waals surface area contributed by atoms with Gasteiger partial charge in [-0.05, 0) is 63.5 Å². The second-order valence-electron chi connectivity index (χ2n) is 15.4. The van der Waals surface area contributed by atoms with Crippen LogP contribution in [0, 0.1) is 0 Å². The highest BCUT2D eigenvalue weighted by Gasteiger charge is 2.62. The van der Waals surface area contributed by atoms with Gasteiger partial charge in [-0.1, -0.05) is 42.3 Å². The van der Waals surface area contributed by atoms with E-state index in [0.29, 0.717) is 42.1 Å². The van der Waals surface area contributed by atoms with Gasteiger partial charge in [0.05, 0.1) is 43.7 Å². The van der Waals surface area contributed by atoms with Crippen molar-refractivity contribution in [2.75, 3.05) is 53.2 Å². The van der Waals surface area contributed by atoms with Gasteiger partial charge in [0.1, 0.15) is 35.4 Å². The number of amides is 2. The van der Waals surface area contributed by atoms with Crippen LogP contribution in [0.5, 0.6) is 5.75 Å².